The number of nitrogens with zero attached hydrogens (tertiary/aromatic N) is 2. The molecule has 0 bridgehead atoms. The molecule has 0 aliphatic carbocycles. The molecule has 0 atom stereocenters. The van der Waals surface area contributed by atoms with Crippen LogP contribution < -0.4 is 15.8 Å². The van der Waals surface area contributed by atoms with Crippen LogP contribution in [-0.4, -0.2) is 34.8 Å². The Labute approximate surface area is 170 Å². The number of urea groups is 1. The van der Waals surface area contributed by atoms with Gasteiger partial charge in [-0.2, -0.15) is 0 Å². The summed E-state index contributed by atoms with van der Waals surface area (Å²) in [5.74, 6) is -0.727. The molecule has 0 radical (unpaired) electrons. The van der Waals surface area contributed by atoms with Crippen molar-refractivity contribution in [2.45, 2.75) is 20.3 Å². The van der Waals surface area contributed by atoms with Gasteiger partial charge in [-0.1, -0.05) is 22.0 Å². The molecule has 8 nitrogen and oxygen atoms in total. The van der Waals surface area contributed by atoms with Crippen molar-refractivity contribution in [3.05, 3.63) is 50.9 Å². The summed E-state index contributed by atoms with van der Waals surface area (Å²) in [7, 11) is 1.54. The van der Waals surface area contributed by atoms with Crippen LogP contribution in [0.3, 0.4) is 0 Å². The first kappa shape index (κ1) is 21.5. The Kier molecular flexibility index (Phi) is 7.22. The average molecular weight is 452 g/mol. The highest BCUT2D eigenvalue weighted by Crippen LogP contribution is 2.33. The molecule has 2 amide bonds. The summed E-state index contributed by atoms with van der Waals surface area (Å²) >= 11 is 3.34. The van der Waals surface area contributed by atoms with Gasteiger partial charge in [-0.3, -0.25) is 14.5 Å². The van der Waals surface area contributed by atoms with Crippen LogP contribution in [0.5, 0.6) is 5.75 Å². The molecular formula is C19H22BrN3O5. The van der Waals surface area contributed by atoms with E-state index in [1.165, 1.54) is 17.8 Å². The normalized spacial score (nSPS) is 10.4. The van der Waals surface area contributed by atoms with Crippen molar-refractivity contribution < 1.29 is 19.4 Å². The van der Waals surface area contributed by atoms with Crippen LogP contribution >= 0.6 is 15.9 Å². The number of hydrogen-bond acceptors (Lipinski definition) is 5. The molecule has 0 spiro atoms. The molecule has 0 unspecified atom stereocenters. The van der Waals surface area contributed by atoms with Gasteiger partial charge in [0.15, 0.2) is 5.69 Å². The van der Waals surface area contributed by atoms with Gasteiger partial charge >= 0.3 is 12.0 Å². The molecule has 1 aromatic carbocycles. The third-order valence-electron chi connectivity index (χ3n) is 3.91. The number of anilines is 2. The predicted molar refractivity (Wildman–Crippen MR) is 109 cm³/mol. The van der Waals surface area contributed by atoms with Crippen molar-refractivity contribution in [1.29, 1.82) is 0 Å². The summed E-state index contributed by atoms with van der Waals surface area (Å²) in [5, 5.41) is 13.1. The van der Waals surface area contributed by atoms with Crippen LogP contribution in [0.1, 0.15) is 18.9 Å². The molecule has 0 fully saturated rings. The fourth-order valence-electron chi connectivity index (χ4n) is 2.61. The number of benzene rings is 1. The van der Waals surface area contributed by atoms with Crippen molar-refractivity contribution in [1.82, 2.24) is 9.88 Å². The van der Waals surface area contributed by atoms with E-state index in [0.29, 0.717) is 15.7 Å². The Morgan fingerprint density at radius 3 is 2.71 bits per heavy atom. The minimum atomic E-state index is -0.652. The van der Waals surface area contributed by atoms with Crippen LogP contribution in [0.15, 0.2) is 39.7 Å². The van der Waals surface area contributed by atoms with E-state index in [1.54, 1.807) is 38.1 Å². The Bertz CT molecular complexity index is 942. The number of carbonyl (C=O) groups is 2. The highest BCUT2D eigenvalue weighted by atomic mass is 79.9. The molecule has 28 heavy (non-hydrogen) atoms. The summed E-state index contributed by atoms with van der Waals surface area (Å²) in [4.78, 5) is 38.2. The number of aryl methyl sites for hydroxylation is 2. The van der Waals surface area contributed by atoms with Gasteiger partial charge in [0.1, 0.15) is 5.75 Å². The lowest BCUT2D eigenvalue weighted by atomic mass is 10.2. The zero-order chi connectivity index (χ0) is 20.8. The summed E-state index contributed by atoms with van der Waals surface area (Å²) in [6.07, 6.45) is 1.47. The van der Waals surface area contributed by atoms with E-state index >= 15 is 0 Å². The molecule has 1 aromatic heterocycles. The van der Waals surface area contributed by atoms with Gasteiger partial charge < -0.3 is 19.7 Å². The SMILES string of the molecule is CCOC(=O)CCNC(=O)N(c1cccc(Br)c1)c1c(O)c(C)cn(C)c1=O. The minimum absolute atomic E-state index is 0.0102. The van der Waals surface area contributed by atoms with E-state index in [-0.39, 0.29) is 31.0 Å². The number of aromatic hydroxyl groups is 1. The molecule has 2 N–H and O–H groups in total. The number of carbonyl (C=O) groups excluding carboxylic acids is 2. The molecule has 0 saturated carbocycles. The van der Waals surface area contributed by atoms with Crippen LogP contribution in [0, 0.1) is 6.92 Å². The van der Waals surface area contributed by atoms with Gasteiger partial charge in [-0.25, -0.2) is 4.79 Å². The topological polar surface area (TPSA) is 101 Å². The van der Waals surface area contributed by atoms with Crippen molar-refractivity contribution in [2.75, 3.05) is 18.1 Å². The largest absolute Gasteiger partial charge is 0.505 e. The van der Waals surface area contributed by atoms with Crippen molar-refractivity contribution in [3.63, 3.8) is 0 Å². The fraction of sp³-hybridized carbons (Fsp3) is 0.316. The number of rotatable bonds is 6. The van der Waals surface area contributed by atoms with Crippen LogP contribution in [0.2, 0.25) is 0 Å². The number of amides is 2. The van der Waals surface area contributed by atoms with Gasteiger partial charge in [0.2, 0.25) is 0 Å². The standard InChI is InChI=1S/C19H22BrN3O5/c1-4-28-15(24)8-9-21-19(27)23(14-7-5-6-13(20)10-14)16-17(25)12(2)11-22(3)18(16)26/h5-7,10-11,25H,4,8-9H2,1-3H3,(H,21,27). The lowest BCUT2D eigenvalue weighted by Gasteiger charge is -2.24. The summed E-state index contributed by atoms with van der Waals surface area (Å²) < 4.78 is 6.82. The highest BCUT2D eigenvalue weighted by molar-refractivity contribution is 9.10. The predicted octanol–water partition coefficient (Wildman–Crippen LogP) is 2.96. The maximum absolute atomic E-state index is 12.9. The molecule has 2 rings (SSSR count). The number of halogens is 1. The zero-order valence-corrected chi connectivity index (χ0v) is 17.4. The minimum Gasteiger partial charge on any atom is -0.505 e. The first-order valence-electron chi connectivity index (χ1n) is 8.64. The third-order valence-corrected chi connectivity index (χ3v) is 4.41. The second kappa shape index (κ2) is 9.41. The van der Waals surface area contributed by atoms with Crippen LogP contribution in [0.4, 0.5) is 16.2 Å². The fourth-order valence-corrected chi connectivity index (χ4v) is 3.00. The van der Waals surface area contributed by atoms with E-state index < -0.39 is 17.6 Å². The molecule has 0 aliphatic heterocycles. The van der Waals surface area contributed by atoms with Crippen LogP contribution in [0.25, 0.3) is 0 Å². The quantitative estimate of drug-likeness (QED) is 0.657. The number of pyridine rings is 1. The second-order valence-corrected chi connectivity index (χ2v) is 6.94. The van der Waals surface area contributed by atoms with E-state index in [1.807, 2.05) is 0 Å². The molecule has 2 aromatic rings. The molecule has 1 heterocycles. The average Bonchev–Trinajstić information content (AvgIpc) is 2.63. The monoisotopic (exact) mass is 451 g/mol. The molecular weight excluding hydrogens is 430 g/mol. The van der Waals surface area contributed by atoms with E-state index in [4.69, 9.17) is 4.74 Å². The van der Waals surface area contributed by atoms with Gasteiger partial charge in [-0.05, 0) is 32.0 Å². The van der Waals surface area contributed by atoms with Gasteiger partial charge in [0.05, 0.1) is 18.7 Å². The summed E-state index contributed by atoms with van der Waals surface area (Å²) in [6, 6.07) is 6.10. The lowest BCUT2D eigenvalue weighted by molar-refractivity contribution is -0.142. The molecule has 9 heteroatoms. The number of nitrogens with one attached hydrogen (secondary N) is 1. The van der Waals surface area contributed by atoms with Crippen molar-refractivity contribution in [2.24, 2.45) is 7.05 Å². The van der Waals surface area contributed by atoms with E-state index in [0.717, 1.165) is 4.90 Å². The molecule has 150 valence electrons. The lowest BCUT2D eigenvalue weighted by Crippen LogP contribution is -2.41. The first-order chi connectivity index (χ1) is 13.3. The Morgan fingerprint density at radius 2 is 2.07 bits per heavy atom. The zero-order valence-electron chi connectivity index (χ0n) is 15.9. The Balaban J connectivity index is 2.44. The van der Waals surface area contributed by atoms with E-state index in [9.17, 15) is 19.5 Å². The third kappa shape index (κ3) is 4.92. The van der Waals surface area contributed by atoms with E-state index in [2.05, 4.69) is 21.2 Å². The highest BCUT2D eigenvalue weighted by Gasteiger charge is 2.26. The van der Waals surface area contributed by atoms with Gasteiger partial charge in [0, 0.05) is 29.8 Å². The smallest absolute Gasteiger partial charge is 0.326 e. The maximum Gasteiger partial charge on any atom is 0.326 e. The first-order valence-corrected chi connectivity index (χ1v) is 9.43. The number of aromatic nitrogens is 1. The maximum atomic E-state index is 12.9. The number of ether oxygens (including phenoxy) is 1. The Hall–Kier alpha value is -2.81. The van der Waals surface area contributed by atoms with Gasteiger partial charge in [-0.15, -0.1) is 0 Å². The summed E-state index contributed by atoms with van der Waals surface area (Å²) in [6.45, 7) is 3.61. The molecule has 0 aliphatic rings. The summed E-state index contributed by atoms with van der Waals surface area (Å²) in [5.41, 5.74) is 0.107. The number of hydrogen-bond donors (Lipinski definition) is 2. The Morgan fingerprint density at radius 1 is 1.36 bits per heavy atom. The second-order valence-electron chi connectivity index (χ2n) is 6.03. The van der Waals surface area contributed by atoms with Crippen molar-refractivity contribution in [3.8, 4) is 5.75 Å². The van der Waals surface area contributed by atoms with Crippen molar-refractivity contribution >= 4 is 39.3 Å². The van der Waals surface area contributed by atoms with Gasteiger partial charge in [0.25, 0.3) is 5.56 Å². The molecule has 0 saturated heterocycles. The number of esters is 1. The van der Waals surface area contributed by atoms with Crippen LogP contribution in [-0.2, 0) is 16.6 Å².